The van der Waals surface area contributed by atoms with E-state index in [1.54, 1.807) is 24.1 Å². The Morgan fingerprint density at radius 1 is 1.02 bits per heavy atom. The second-order valence-electron chi connectivity index (χ2n) is 12.3. The molecule has 14 heteroatoms. The van der Waals surface area contributed by atoms with E-state index < -0.39 is 6.04 Å². The van der Waals surface area contributed by atoms with Gasteiger partial charge < -0.3 is 15.1 Å². The predicted octanol–water partition coefficient (Wildman–Crippen LogP) is 1.57. The van der Waals surface area contributed by atoms with Gasteiger partial charge >= 0.3 is 0 Å². The normalized spacial score (nSPS) is 23.2. The van der Waals surface area contributed by atoms with Gasteiger partial charge in [-0.25, -0.2) is 4.68 Å². The largest absolute Gasteiger partial charge is 0.379 e. The van der Waals surface area contributed by atoms with Crippen molar-refractivity contribution in [3.63, 3.8) is 0 Å². The lowest BCUT2D eigenvalue weighted by Gasteiger charge is -2.37. The molecule has 3 saturated heterocycles. The van der Waals surface area contributed by atoms with Gasteiger partial charge in [-0.05, 0) is 59.4 Å². The van der Waals surface area contributed by atoms with Crippen LogP contribution in [-0.2, 0) is 23.2 Å². The lowest BCUT2D eigenvalue weighted by molar-refractivity contribution is -0.135. The third kappa shape index (κ3) is 7.02. The number of likely N-dealkylation sites (tertiary alicyclic amines) is 1. The number of aryl methyl sites for hydroxylation is 1. The van der Waals surface area contributed by atoms with Gasteiger partial charge in [-0.1, -0.05) is 12.1 Å². The molecule has 3 aliphatic rings. The number of rotatable bonds is 7. The summed E-state index contributed by atoms with van der Waals surface area (Å²) in [5.74, 6) is -0.226. The number of carbonyl (C=O) groups is 3. The number of likely N-dealkylation sites (N-methyl/N-ethyl adjacent to an activating group) is 1. The molecule has 45 heavy (non-hydrogen) atoms. The fourth-order valence-corrected chi connectivity index (χ4v) is 6.98. The third-order valence-corrected chi connectivity index (χ3v) is 9.72. The monoisotopic (exact) mass is 679 g/mol. The Balaban J connectivity index is 1.01. The summed E-state index contributed by atoms with van der Waals surface area (Å²) in [4.78, 5) is 55.7. The summed E-state index contributed by atoms with van der Waals surface area (Å²) < 4.78 is 3.43. The average molecular weight is 681 g/mol. The van der Waals surface area contributed by atoms with Crippen molar-refractivity contribution in [2.75, 3.05) is 51.6 Å². The molecule has 1 aromatic carbocycles. The highest BCUT2D eigenvalue weighted by atomic mass is 79.9. The molecule has 0 aliphatic carbocycles. The Morgan fingerprint density at radius 3 is 2.51 bits per heavy atom. The van der Waals surface area contributed by atoms with Crippen LogP contribution in [0.5, 0.6) is 0 Å². The van der Waals surface area contributed by atoms with Crippen molar-refractivity contribution < 1.29 is 14.4 Å². The quantitative estimate of drug-likeness (QED) is 0.357. The van der Waals surface area contributed by atoms with E-state index in [2.05, 4.69) is 65.7 Å². The molecule has 2 N–H and O–H groups in total. The van der Waals surface area contributed by atoms with Crippen LogP contribution in [-0.4, -0.2) is 104 Å². The molecule has 238 valence electrons. The summed E-state index contributed by atoms with van der Waals surface area (Å²) in [6, 6.07) is 7.70. The number of nitrogens with one attached hydrogen (secondary N) is 2. The van der Waals surface area contributed by atoms with Gasteiger partial charge in [0.25, 0.3) is 17.4 Å². The van der Waals surface area contributed by atoms with Crippen LogP contribution in [0.4, 0.5) is 5.69 Å². The molecule has 3 atom stereocenters. The predicted molar refractivity (Wildman–Crippen MR) is 171 cm³/mol. The minimum atomic E-state index is -0.458. The van der Waals surface area contributed by atoms with Crippen molar-refractivity contribution in [1.29, 1.82) is 0 Å². The van der Waals surface area contributed by atoms with Crippen molar-refractivity contribution in [2.45, 2.75) is 43.8 Å². The lowest BCUT2D eigenvalue weighted by Crippen LogP contribution is -2.48. The van der Waals surface area contributed by atoms with Crippen molar-refractivity contribution in [2.24, 2.45) is 7.05 Å². The number of piperidine rings is 2. The van der Waals surface area contributed by atoms with E-state index in [0.29, 0.717) is 48.2 Å². The molecule has 5 heterocycles. The van der Waals surface area contributed by atoms with Gasteiger partial charge in [-0.3, -0.25) is 34.1 Å². The van der Waals surface area contributed by atoms with E-state index in [-0.39, 0.29) is 35.2 Å². The fraction of sp³-hybridized carbons (Fsp3) is 0.484. The minimum Gasteiger partial charge on any atom is -0.379 e. The molecule has 0 bridgehead atoms. The zero-order valence-corrected chi connectivity index (χ0v) is 27.1. The van der Waals surface area contributed by atoms with Crippen LogP contribution in [0.25, 0.3) is 0 Å². The number of nitrogens with zero attached hydrogens (tertiary/aromatic N) is 7. The maximum Gasteiger partial charge on any atom is 0.282 e. The van der Waals surface area contributed by atoms with Crippen LogP contribution >= 0.6 is 15.9 Å². The summed E-state index contributed by atoms with van der Waals surface area (Å²) in [7, 11) is 3.72. The van der Waals surface area contributed by atoms with E-state index in [1.807, 2.05) is 23.2 Å². The summed E-state index contributed by atoms with van der Waals surface area (Å²) in [5.41, 5.74) is 3.39. The fourth-order valence-electron chi connectivity index (χ4n) is 6.51. The number of carbonyl (C=O) groups excluding carboxylic acids is 3. The molecule has 3 aromatic rings. The summed E-state index contributed by atoms with van der Waals surface area (Å²) in [6.45, 7) is 5.21. The van der Waals surface area contributed by atoms with E-state index in [4.69, 9.17) is 0 Å². The topological polar surface area (TPSA) is 138 Å². The van der Waals surface area contributed by atoms with E-state index in [1.165, 1.54) is 10.2 Å². The molecule has 3 fully saturated rings. The molecule has 1 unspecified atom stereocenters. The smallest absolute Gasteiger partial charge is 0.282 e. The van der Waals surface area contributed by atoms with Crippen molar-refractivity contribution in [1.82, 2.24) is 39.6 Å². The van der Waals surface area contributed by atoms with Crippen LogP contribution in [0.2, 0.25) is 0 Å². The van der Waals surface area contributed by atoms with Crippen LogP contribution in [0.3, 0.4) is 0 Å². The molecular formula is C31H38BrN9O4. The molecule has 0 radical (unpaired) electrons. The van der Waals surface area contributed by atoms with Crippen LogP contribution < -0.4 is 16.2 Å². The summed E-state index contributed by atoms with van der Waals surface area (Å²) in [5, 5.41) is 14.4. The van der Waals surface area contributed by atoms with E-state index in [0.717, 1.165) is 38.2 Å². The summed E-state index contributed by atoms with van der Waals surface area (Å²) in [6.07, 6.45) is 6.99. The number of hydrogen-bond acceptors (Lipinski definition) is 9. The maximum absolute atomic E-state index is 13.4. The van der Waals surface area contributed by atoms with Crippen molar-refractivity contribution in [3.05, 3.63) is 74.4 Å². The third-order valence-electron chi connectivity index (χ3n) is 8.95. The number of amides is 3. The molecule has 3 aliphatic heterocycles. The highest BCUT2D eigenvalue weighted by molar-refractivity contribution is 9.10. The van der Waals surface area contributed by atoms with Gasteiger partial charge in [-0.15, -0.1) is 0 Å². The Kier molecular flexibility index (Phi) is 9.15. The molecule has 13 nitrogen and oxygen atoms in total. The summed E-state index contributed by atoms with van der Waals surface area (Å²) >= 11 is 3.41. The first-order valence-electron chi connectivity index (χ1n) is 15.3. The number of halogens is 1. The highest BCUT2D eigenvalue weighted by Crippen LogP contribution is 2.30. The molecule has 0 saturated carbocycles. The minimum absolute atomic E-state index is 0.0372. The lowest BCUT2D eigenvalue weighted by atomic mass is 9.87. The second kappa shape index (κ2) is 13.2. The van der Waals surface area contributed by atoms with Gasteiger partial charge in [0.2, 0.25) is 5.91 Å². The molecule has 6 rings (SSSR count). The number of hydrogen-bond donors (Lipinski definition) is 2. The number of anilines is 1. The van der Waals surface area contributed by atoms with E-state index >= 15 is 0 Å². The maximum atomic E-state index is 13.4. The first-order chi connectivity index (χ1) is 21.6. The highest BCUT2D eigenvalue weighted by Gasteiger charge is 2.30. The van der Waals surface area contributed by atoms with Crippen LogP contribution in [0.1, 0.15) is 52.7 Å². The van der Waals surface area contributed by atoms with Crippen LogP contribution in [0, 0.1) is 0 Å². The SMILES string of the molecule is CN1C[C@@H](Nc2cnn(C)c(=O)c2Br)C[C@@H](c2ccc(C(=O)N3CCN(Cc4cnn(C5CCC(=O)NC5=O)c4)CC3)cc2)C1. The Labute approximate surface area is 269 Å². The zero-order chi connectivity index (χ0) is 31.7. The first kappa shape index (κ1) is 31.1. The number of benzene rings is 1. The molecule has 3 amide bonds. The second-order valence-corrected chi connectivity index (χ2v) is 13.1. The van der Waals surface area contributed by atoms with Gasteiger partial charge in [-0.2, -0.15) is 10.2 Å². The van der Waals surface area contributed by atoms with E-state index in [9.17, 15) is 19.2 Å². The average Bonchev–Trinajstić information content (AvgIpc) is 3.49. The first-order valence-corrected chi connectivity index (χ1v) is 16.1. The Bertz CT molecular complexity index is 1630. The molecular weight excluding hydrogens is 642 g/mol. The standard InChI is InChI=1S/C31H38BrN9O4/c1-37-18-23(13-24(19-37)35-25-15-33-38(2)31(45)28(25)32)21-3-5-22(6-4-21)30(44)40-11-9-39(10-12-40)16-20-14-34-41(17-20)26-7-8-27(42)36-29(26)43/h3-6,14-15,17,23-24,26,35H,7-13,16,18-19H2,1-2H3,(H,36,42,43)/t23-,24+,26?/m1/s1. The number of piperazine rings is 1. The van der Waals surface area contributed by atoms with Crippen LogP contribution in [0.15, 0.2) is 52.1 Å². The number of aromatic nitrogens is 4. The van der Waals surface area contributed by atoms with Gasteiger partial charge in [0.05, 0.1) is 18.1 Å². The van der Waals surface area contributed by atoms with Gasteiger partial charge in [0.1, 0.15) is 10.5 Å². The molecule has 0 spiro atoms. The van der Waals surface area contributed by atoms with Gasteiger partial charge in [0, 0.05) is 82.6 Å². The van der Waals surface area contributed by atoms with Crippen molar-refractivity contribution in [3.8, 4) is 0 Å². The van der Waals surface area contributed by atoms with Gasteiger partial charge in [0.15, 0.2) is 0 Å². The Hall–Kier alpha value is -3.88. The molecule has 2 aromatic heterocycles. The van der Waals surface area contributed by atoms with Crippen molar-refractivity contribution >= 4 is 39.3 Å². The number of imide groups is 1. The zero-order valence-electron chi connectivity index (χ0n) is 25.5. The Morgan fingerprint density at radius 2 is 1.78 bits per heavy atom.